The molecule has 3 aliphatic heterocycles. The number of guanidine groups is 1. The summed E-state index contributed by atoms with van der Waals surface area (Å²) in [5.41, 5.74) is 1.62. The van der Waals surface area contributed by atoms with Crippen molar-refractivity contribution < 1.29 is 4.74 Å². The third-order valence-corrected chi connectivity index (χ3v) is 5.83. The van der Waals surface area contributed by atoms with E-state index >= 15 is 0 Å². The van der Waals surface area contributed by atoms with Crippen molar-refractivity contribution in [3.05, 3.63) is 23.9 Å². The van der Waals surface area contributed by atoms with Crippen molar-refractivity contribution in [2.75, 3.05) is 51.3 Å². The average Bonchev–Trinajstić information content (AvgIpc) is 3.40. The van der Waals surface area contributed by atoms with Gasteiger partial charge in [0.05, 0.1) is 6.61 Å². The molecule has 0 amide bonds. The summed E-state index contributed by atoms with van der Waals surface area (Å²) in [5, 5.41) is 3.54. The van der Waals surface area contributed by atoms with Crippen molar-refractivity contribution in [1.82, 2.24) is 15.2 Å². The van der Waals surface area contributed by atoms with Crippen LogP contribution in [0, 0.1) is 5.41 Å². The second-order valence-electron chi connectivity index (χ2n) is 7.59. The molecule has 4 heterocycles. The van der Waals surface area contributed by atoms with Crippen LogP contribution < -0.4 is 10.2 Å². The van der Waals surface area contributed by atoms with E-state index in [0.29, 0.717) is 5.41 Å². The summed E-state index contributed by atoms with van der Waals surface area (Å²) < 4.78 is 5.64. The number of aliphatic imine (C=N–C) groups is 1. The Morgan fingerprint density at radius 3 is 2.88 bits per heavy atom. The quantitative estimate of drug-likeness (QED) is 0.417. The third-order valence-electron chi connectivity index (χ3n) is 5.83. The number of anilines is 1. The minimum Gasteiger partial charge on any atom is -0.381 e. The number of rotatable bonds is 3. The average molecular weight is 471 g/mol. The molecule has 4 rings (SSSR count). The normalized spacial score (nSPS) is 25.8. The van der Waals surface area contributed by atoms with E-state index in [0.717, 1.165) is 57.7 Å². The predicted octanol–water partition coefficient (Wildman–Crippen LogP) is 2.49. The Kier molecular flexibility index (Phi) is 6.60. The molecule has 0 aromatic carbocycles. The van der Waals surface area contributed by atoms with Gasteiger partial charge in [0.25, 0.3) is 0 Å². The Morgan fingerprint density at radius 2 is 2.15 bits per heavy atom. The van der Waals surface area contributed by atoms with Crippen LogP contribution in [0.15, 0.2) is 23.3 Å². The van der Waals surface area contributed by atoms with Gasteiger partial charge in [0.2, 0.25) is 0 Å². The van der Waals surface area contributed by atoms with Gasteiger partial charge >= 0.3 is 0 Å². The van der Waals surface area contributed by atoms with Gasteiger partial charge in [-0.2, -0.15) is 0 Å². The Hall–Kier alpha value is -1.09. The van der Waals surface area contributed by atoms with Crippen molar-refractivity contribution in [2.45, 2.75) is 32.2 Å². The van der Waals surface area contributed by atoms with E-state index in [1.807, 2.05) is 13.2 Å². The highest BCUT2D eigenvalue weighted by atomic mass is 127. The van der Waals surface area contributed by atoms with Gasteiger partial charge in [-0.15, -0.1) is 24.0 Å². The maximum absolute atomic E-state index is 5.64. The lowest BCUT2D eigenvalue weighted by atomic mass is 9.87. The number of aromatic nitrogens is 1. The van der Waals surface area contributed by atoms with E-state index in [-0.39, 0.29) is 24.0 Å². The minimum absolute atomic E-state index is 0. The van der Waals surface area contributed by atoms with Crippen LogP contribution in [-0.4, -0.2) is 62.3 Å². The number of pyridine rings is 1. The van der Waals surface area contributed by atoms with Crippen LogP contribution in [0.3, 0.4) is 0 Å². The van der Waals surface area contributed by atoms with Crippen molar-refractivity contribution >= 4 is 35.8 Å². The highest BCUT2D eigenvalue weighted by molar-refractivity contribution is 14.0. The van der Waals surface area contributed by atoms with Crippen molar-refractivity contribution in [2.24, 2.45) is 10.4 Å². The lowest BCUT2D eigenvalue weighted by Gasteiger charge is -2.25. The summed E-state index contributed by atoms with van der Waals surface area (Å²) in [5.74, 6) is 2.11. The molecular weight excluding hydrogens is 441 g/mol. The number of nitrogens with one attached hydrogen (secondary N) is 1. The molecule has 144 valence electrons. The molecule has 0 radical (unpaired) electrons. The molecule has 0 aliphatic carbocycles. The molecule has 3 fully saturated rings. The van der Waals surface area contributed by atoms with Gasteiger partial charge in [0, 0.05) is 58.0 Å². The summed E-state index contributed by atoms with van der Waals surface area (Å²) in [6.07, 6.45) is 6.87. The Labute approximate surface area is 173 Å². The van der Waals surface area contributed by atoms with Crippen LogP contribution >= 0.6 is 24.0 Å². The van der Waals surface area contributed by atoms with Crippen LogP contribution in [0.5, 0.6) is 0 Å². The first kappa shape index (κ1) is 19.7. The van der Waals surface area contributed by atoms with Gasteiger partial charge in [-0.3, -0.25) is 4.99 Å². The molecule has 1 N–H and O–H groups in total. The van der Waals surface area contributed by atoms with Crippen LogP contribution in [0.4, 0.5) is 5.82 Å². The summed E-state index contributed by atoms with van der Waals surface area (Å²) in [4.78, 5) is 13.8. The molecule has 1 aromatic heterocycles. The fourth-order valence-electron chi connectivity index (χ4n) is 4.29. The highest BCUT2D eigenvalue weighted by Gasteiger charge is 2.42. The molecule has 6 nitrogen and oxygen atoms in total. The standard InChI is InChI=1S/C19H29N5O.HI/c1-20-18(24-10-5-19(14-24)6-11-25-15-19)22-13-16-4-7-21-17(12-16)23-8-2-3-9-23;/h4,7,12H,2-3,5-6,8-11,13-15H2,1H3,(H,20,22);1H. The van der Waals surface area contributed by atoms with E-state index in [1.165, 1.54) is 31.2 Å². The van der Waals surface area contributed by atoms with Crippen molar-refractivity contribution in [3.63, 3.8) is 0 Å². The molecule has 0 bridgehead atoms. The first-order valence-corrected chi connectivity index (χ1v) is 9.51. The molecular formula is C19H30IN5O. The second-order valence-corrected chi connectivity index (χ2v) is 7.59. The Balaban J connectivity index is 0.00000196. The predicted molar refractivity (Wildman–Crippen MR) is 115 cm³/mol. The molecule has 1 spiro atoms. The summed E-state index contributed by atoms with van der Waals surface area (Å²) in [7, 11) is 1.88. The topological polar surface area (TPSA) is 53.0 Å². The van der Waals surface area contributed by atoms with Crippen molar-refractivity contribution in [3.8, 4) is 0 Å². The van der Waals surface area contributed by atoms with E-state index in [9.17, 15) is 0 Å². The molecule has 26 heavy (non-hydrogen) atoms. The van der Waals surface area contributed by atoms with E-state index < -0.39 is 0 Å². The molecule has 1 unspecified atom stereocenters. The van der Waals surface area contributed by atoms with Gasteiger partial charge in [-0.25, -0.2) is 4.98 Å². The van der Waals surface area contributed by atoms with Crippen LogP contribution in [-0.2, 0) is 11.3 Å². The third kappa shape index (κ3) is 4.24. The molecule has 1 aromatic rings. The molecule has 1 atom stereocenters. The minimum atomic E-state index is 0. The lowest BCUT2D eigenvalue weighted by molar-refractivity contribution is 0.156. The summed E-state index contributed by atoms with van der Waals surface area (Å²) in [6.45, 7) is 6.99. The highest BCUT2D eigenvalue weighted by Crippen LogP contribution is 2.38. The van der Waals surface area contributed by atoms with E-state index in [1.54, 1.807) is 0 Å². The Morgan fingerprint density at radius 1 is 1.31 bits per heavy atom. The van der Waals surface area contributed by atoms with Gasteiger partial charge in [0.15, 0.2) is 5.96 Å². The molecule has 3 aliphatic rings. The second kappa shape index (κ2) is 8.73. The smallest absolute Gasteiger partial charge is 0.193 e. The number of nitrogens with zero attached hydrogens (tertiary/aromatic N) is 4. The monoisotopic (exact) mass is 471 g/mol. The molecule has 0 saturated carbocycles. The van der Waals surface area contributed by atoms with Crippen molar-refractivity contribution in [1.29, 1.82) is 0 Å². The summed E-state index contributed by atoms with van der Waals surface area (Å²) >= 11 is 0. The molecule has 3 saturated heterocycles. The number of hydrogen-bond donors (Lipinski definition) is 1. The lowest BCUT2D eigenvalue weighted by Crippen LogP contribution is -2.41. The van der Waals surface area contributed by atoms with E-state index in [2.05, 4.69) is 37.2 Å². The maximum Gasteiger partial charge on any atom is 0.193 e. The van der Waals surface area contributed by atoms with Crippen LogP contribution in [0.1, 0.15) is 31.2 Å². The number of hydrogen-bond acceptors (Lipinski definition) is 4. The zero-order valence-corrected chi connectivity index (χ0v) is 17.9. The van der Waals surface area contributed by atoms with Gasteiger partial charge < -0.3 is 19.9 Å². The largest absolute Gasteiger partial charge is 0.381 e. The van der Waals surface area contributed by atoms with Gasteiger partial charge in [-0.1, -0.05) is 0 Å². The van der Waals surface area contributed by atoms with Gasteiger partial charge in [-0.05, 0) is 43.4 Å². The number of likely N-dealkylation sites (tertiary alicyclic amines) is 1. The molecule has 7 heteroatoms. The Bertz CT molecular complexity index is 626. The number of ether oxygens (including phenoxy) is 1. The fourth-order valence-corrected chi connectivity index (χ4v) is 4.29. The first-order valence-electron chi connectivity index (χ1n) is 9.51. The van der Waals surface area contributed by atoms with E-state index in [4.69, 9.17) is 4.74 Å². The van der Waals surface area contributed by atoms with Gasteiger partial charge in [0.1, 0.15) is 5.82 Å². The summed E-state index contributed by atoms with van der Waals surface area (Å²) in [6, 6.07) is 4.30. The van der Waals surface area contributed by atoms with Crippen LogP contribution in [0.25, 0.3) is 0 Å². The van der Waals surface area contributed by atoms with Crippen LogP contribution in [0.2, 0.25) is 0 Å². The number of halogens is 1. The zero-order valence-electron chi connectivity index (χ0n) is 15.6. The maximum atomic E-state index is 5.64. The fraction of sp³-hybridized carbons (Fsp3) is 0.684. The SMILES string of the molecule is CN=C(NCc1ccnc(N2CCCC2)c1)N1CCC2(CCOC2)C1.I. The first-order chi connectivity index (χ1) is 12.3. The zero-order chi connectivity index (χ0) is 17.1.